The predicted octanol–water partition coefficient (Wildman–Crippen LogP) is 4.78. The van der Waals surface area contributed by atoms with Gasteiger partial charge in [-0.05, 0) is 37.5 Å². The van der Waals surface area contributed by atoms with Crippen molar-refractivity contribution in [1.82, 2.24) is 9.47 Å². The van der Waals surface area contributed by atoms with Crippen molar-refractivity contribution in [2.24, 2.45) is 0 Å². The highest BCUT2D eigenvalue weighted by molar-refractivity contribution is 5.97. The highest BCUT2D eigenvalue weighted by atomic mass is 19.4. The van der Waals surface area contributed by atoms with Gasteiger partial charge in [0.25, 0.3) is 5.91 Å². The molecule has 0 saturated carbocycles. The van der Waals surface area contributed by atoms with Gasteiger partial charge in [-0.25, -0.2) is 0 Å². The number of anilines is 1. The van der Waals surface area contributed by atoms with Crippen LogP contribution < -0.4 is 4.90 Å². The van der Waals surface area contributed by atoms with E-state index in [1.54, 1.807) is 23.3 Å². The van der Waals surface area contributed by atoms with Gasteiger partial charge in [-0.3, -0.25) is 4.79 Å². The Kier molecular flexibility index (Phi) is 5.82. The molecule has 33 heavy (non-hydrogen) atoms. The summed E-state index contributed by atoms with van der Waals surface area (Å²) in [5, 5.41) is 0. The normalized spacial score (nSPS) is 19.9. The molecule has 5 rings (SSSR count). The van der Waals surface area contributed by atoms with Crippen LogP contribution in [0.25, 0.3) is 11.1 Å². The smallest absolute Gasteiger partial charge is 0.416 e. The van der Waals surface area contributed by atoms with Crippen LogP contribution in [0.3, 0.4) is 0 Å². The summed E-state index contributed by atoms with van der Waals surface area (Å²) in [4.78, 5) is 17.1. The van der Waals surface area contributed by atoms with Gasteiger partial charge in [0, 0.05) is 57.2 Å². The number of hydrogen-bond acceptors (Lipinski definition) is 4. The number of carbonyl (C=O) groups excluding carboxylic acids is 1. The van der Waals surface area contributed by atoms with Crippen molar-refractivity contribution in [2.75, 3.05) is 37.7 Å². The fourth-order valence-electron chi connectivity index (χ4n) is 4.71. The Hall–Kier alpha value is -2.94. The fourth-order valence-corrected chi connectivity index (χ4v) is 4.71. The summed E-state index contributed by atoms with van der Waals surface area (Å²) >= 11 is 0. The first kappa shape index (κ1) is 21.9. The van der Waals surface area contributed by atoms with Crippen LogP contribution >= 0.6 is 0 Å². The van der Waals surface area contributed by atoms with Gasteiger partial charge in [-0.1, -0.05) is 6.07 Å². The molecular formula is C24H26F3N3O3. The van der Waals surface area contributed by atoms with Gasteiger partial charge in [-0.2, -0.15) is 13.2 Å². The van der Waals surface area contributed by atoms with Crippen molar-refractivity contribution >= 4 is 22.7 Å². The van der Waals surface area contributed by atoms with Gasteiger partial charge in [0.15, 0.2) is 5.58 Å². The van der Waals surface area contributed by atoms with E-state index in [9.17, 15) is 18.0 Å². The minimum Gasteiger partial charge on any atom is -0.463 e. The van der Waals surface area contributed by atoms with E-state index in [-0.39, 0.29) is 12.0 Å². The lowest BCUT2D eigenvalue weighted by molar-refractivity contribution is -0.137. The molecule has 0 bridgehead atoms. The van der Waals surface area contributed by atoms with Gasteiger partial charge in [0.2, 0.25) is 0 Å². The molecule has 2 aromatic heterocycles. The number of aromatic nitrogens is 1. The summed E-state index contributed by atoms with van der Waals surface area (Å²) in [5.41, 5.74) is 1.95. The van der Waals surface area contributed by atoms with E-state index < -0.39 is 11.7 Å². The summed E-state index contributed by atoms with van der Waals surface area (Å²) in [6.07, 6.45) is 0.435. The summed E-state index contributed by atoms with van der Waals surface area (Å²) in [6, 6.07) is 8.98. The number of furan rings is 1. The molecule has 2 fully saturated rings. The summed E-state index contributed by atoms with van der Waals surface area (Å²) < 4.78 is 52.6. The topological polar surface area (TPSA) is 50.9 Å². The first-order valence-corrected chi connectivity index (χ1v) is 11.3. The number of halogens is 3. The monoisotopic (exact) mass is 461 g/mol. The SMILES string of the molecule is O=C(c1cc2occc2n1CC1CCCCO1)N1CCN(c2cccc(C(F)(F)F)c2)CC1. The number of nitrogens with zero attached hydrogens (tertiary/aromatic N) is 3. The molecule has 2 aliphatic heterocycles. The predicted molar refractivity (Wildman–Crippen MR) is 117 cm³/mol. The van der Waals surface area contributed by atoms with Gasteiger partial charge >= 0.3 is 6.18 Å². The van der Waals surface area contributed by atoms with Crippen molar-refractivity contribution in [1.29, 1.82) is 0 Å². The number of amides is 1. The van der Waals surface area contributed by atoms with Crippen molar-refractivity contribution in [3.8, 4) is 0 Å². The number of fused-ring (bicyclic) bond motifs is 1. The van der Waals surface area contributed by atoms with E-state index in [1.165, 1.54) is 12.1 Å². The van der Waals surface area contributed by atoms with Crippen LogP contribution in [0.4, 0.5) is 18.9 Å². The zero-order chi connectivity index (χ0) is 23.0. The minimum atomic E-state index is -4.38. The zero-order valence-electron chi connectivity index (χ0n) is 18.2. The molecule has 1 aromatic carbocycles. The number of piperazine rings is 1. The molecular weight excluding hydrogens is 435 g/mol. The van der Waals surface area contributed by atoms with E-state index in [0.29, 0.717) is 49.7 Å². The third kappa shape index (κ3) is 4.46. The number of hydrogen-bond donors (Lipinski definition) is 0. The molecule has 0 N–H and O–H groups in total. The van der Waals surface area contributed by atoms with Crippen LogP contribution in [0.5, 0.6) is 0 Å². The van der Waals surface area contributed by atoms with Gasteiger partial charge in [0.1, 0.15) is 5.69 Å². The molecule has 0 aliphatic carbocycles. The van der Waals surface area contributed by atoms with Crippen molar-refractivity contribution in [3.63, 3.8) is 0 Å². The molecule has 1 atom stereocenters. The molecule has 6 nitrogen and oxygen atoms in total. The molecule has 2 aliphatic rings. The minimum absolute atomic E-state index is 0.0635. The van der Waals surface area contributed by atoms with Crippen molar-refractivity contribution < 1.29 is 27.1 Å². The van der Waals surface area contributed by atoms with Crippen molar-refractivity contribution in [3.05, 3.63) is 53.9 Å². The summed E-state index contributed by atoms with van der Waals surface area (Å²) in [7, 11) is 0. The Balaban J connectivity index is 1.30. The first-order chi connectivity index (χ1) is 15.9. The van der Waals surface area contributed by atoms with E-state index >= 15 is 0 Å². The lowest BCUT2D eigenvalue weighted by atomic mass is 10.1. The maximum absolute atomic E-state index is 13.4. The van der Waals surface area contributed by atoms with Crippen molar-refractivity contribution in [2.45, 2.75) is 38.1 Å². The molecule has 1 unspecified atom stereocenters. The van der Waals surface area contributed by atoms with Crippen LogP contribution in [0, 0.1) is 0 Å². The van der Waals surface area contributed by atoms with Crippen LogP contribution in [0.2, 0.25) is 0 Å². The molecule has 0 spiro atoms. The van der Waals surface area contributed by atoms with Gasteiger partial charge < -0.3 is 23.5 Å². The fraction of sp³-hybridized carbons (Fsp3) is 0.458. The van der Waals surface area contributed by atoms with Crippen LogP contribution in [0.15, 0.2) is 47.1 Å². The Labute approximate surface area is 189 Å². The lowest BCUT2D eigenvalue weighted by Crippen LogP contribution is -2.49. The van der Waals surface area contributed by atoms with Gasteiger partial charge in [0.05, 0.1) is 23.4 Å². The third-order valence-corrected chi connectivity index (χ3v) is 6.51. The highest BCUT2D eigenvalue weighted by Gasteiger charge is 2.32. The maximum Gasteiger partial charge on any atom is 0.416 e. The second-order valence-corrected chi connectivity index (χ2v) is 8.63. The average molecular weight is 461 g/mol. The average Bonchev–Trinajstić information content (AvgIpc) is 3.42. The molecule has 176 valence electrons. The standard InChI is InChI=1S/C24H26F3N3O3/c25-24(26,27)17-4-3-5-18(14-17)28-8-10-29(11-9-28)23(31)21-15-22-20(7-13-33-22)30(21)16-19-6-1-2-12-32-19/h3-5,7,13-15,19H,1-2,6,8-12,16H2. The zero-order valence-corrected chi connectivity index (χ0v) is 18.2. The molecule has 2 saturated heterocycles. The molecule has 0 radical (unpaired) electrons. The van der Waals surface area contributed by atoms with Crippen LogP contribution in [-0.2, 0) is 17.5 Å². The quantitative estimate of drug-likeness (QED) is 0.561. The number of carbonyl (C=O) groups is 1. The molecule has 9 heteroatoms. The third-order valence-electron chi connectivity index (χ3n) is 6.51. The van der Waals surface area contributed by atoms with Crippen LogP contribution in [-0.4, -0.2) is 54.3 Å². The van der Waals surface area contributed by atoms with Crippen LogP contribution in [0.1, 0.15) is 35.3 Å². The molecule has 4 heterocycles. The first-order valence-electron chi connectivity index (χ1n) is 11.3. The highest BCUT2D eigenvalue weighted by Crippen LogP contribution is 2.32. The summed E-state index contributed by atoms with van der Waals surface area (Å²) in [6.45, 7) is 3.13. The Morgan fingerprint density at radius 2 is 1.88 bits per heavy atom. The number of alkyl halides is 3. The van der Waals surface area contributed by atoms with E-state index in [4.69, 9.17) is 9.15 Å². The van der Waals surface area contributed by atoms with E-state index in [2.05, 4.69) is 0 Å². The lowest BCUT2D eigenvalue weighted by Gasteiger charge is -2.36. The maximum atomic E-state index is 13.4. The number of benzene rings is 1. The molecule has 1 amide bonds. The second kappa shape index (κ2) is 8.78. The van der Waals surface area contributed by atoms with E-state index in [0.717, 1.165) is 37.5 Å². The largest absolute Gasteiger partial charge is 0.463 e. The van der Waals surface area contributed by atoms with Gasteiger partial charge in [-0.15, -0.1) is 0 Å². The Morgan fingerprint density at radius 1 is 1.06 bits per heavy atom. The Morgan fingerprint density at radius 3 is 2.61 bits per heavy atom. The second-order valence-electron chi connectivity index (χ2n) is 8.63. The van der Waals surface area contributed by atoms with E-state index in [1.807, 2.05) is 15.5 Å². The number of ether oxygens (including phenoxy) is 1. The molecule has 3 aromatic rings. The summed E-state index contributed by atoms with van der Waals surface area (Å²) in [5.74, 6) is -0.0964. The number of rotatable bonds is 4. The Bertz CT molecular complexity index is 1120.